The fraction of sp³-hybridized carbons (Fsp3) is 0.0833. The summed E-state index contributed by atoms with van der Waals surface area (Å²) in [4.78, 5) is 4.38. The summed E-state index contributed by atoms with van der Waals surface area (Å²) in [5, 5.41) is 1.11. The molecule has 2 rings (SSSR count). The lowest BCUT2D eigenvalue weighted by Crippen LogP contribution is -1.92. The zero-order chi connectivity index (χ0) is 10.7. The standard InChI is InChI=1S/C12H13NP2/c14-8-9-1-3-10(4-2-9)12-6-5-11(15)7-13-12/h1-7H,8,14-15H2. The number of hydrogen-bond acceptors (Lipinski definition) is 1. The first-order valence-corrected chi connectivity index (χ1v) is 6.20. The van der Waals surface area contributed by atoms with Gasteiger partial charge in [-0.05, 0) is 23.1 Å². The first-order chi connectivity index (χ1) is 7.29. The zero-order valence-corrected chi connectivity index (χ0v) is 10.7. The summed E-state index contributed by atoms with van der Waals surface area (Å²) < 4.78 is 0. The molecule has 0 N–H and O–H groups in total. The molecule has 1 aromatic heterocycles. The molecule has 0 aliphatic carbocycles. The van der Waals surface area contributed by atoms with Crippen molar-refractivity contribution < 1.29 is 0 Å². The van der Waals surface area contributed by atoms with Crippen molar-refractivity contribution in [1.82, 2.24) is 4.98 Å². The molecule has 3 heteroatoms. The molecule has 0 saturated heterocycles. The Balaban J connectivity index is 2.33. The first-order valence-electron chi connectivity index (χ1n) is 4.80. The third kappa shape index (κ3) is 2.62. The average Bonchev–Trinajstić information content (AvgIpc) is 2.30. The molecule has 0 spiro atoms. The topological polar surface area (TPSA) is 12.9 Å². The van der Waals surface area contributed by atoms with Gasteiger partial charge >= 0.3 is 0 Å². The summed E-state index contributed by atoms with van der Waals surface area (Å²) in [6, 6.07) is 12.6. The molecule has 1 nitrogen and oxygen atoms in total. The summed E-state index contributed by atoms with van der Waals surface area (Å²) in [6.45, 7) is 0. The molecular weight excluding hydrogens is 220 g/mol. The lowest BCUT2D eigenvalue weighted by atomic mass is 10.1. The van der Waals surface area contributed by atoms with Gasteiger partial charge in [-0.3, -0.25) is 4.98 Å². The highest BCUT2D eigenvalue weighted by molar-refractivity contribution is 7.27. The van der Waals surface area contributed by atoms with Gasteiger partial charge in [0.2, 0.25) is 0 Å². The lowest BCUT2D eigenvalue weighted by molar-refractivity contribution is 1.33. The SMILES string of the molecule is PCc1ccc(-c2ccc(P)cn2)cc1. The van der Waals surface area contributed by atoms with E-state index < -0.39 is 0 Å². The van der Waals surface area contributed by atoms with Crippen molar-refractivity contribution >= 4 is 23.8 Å². The van der Waals surface area contributed by atoms with Gasteiger partial charge in [0.05, 0.1) is 5.69 Å². The molecule has 76 valence electrons. The highest BCUT2D eigenvalue weighted by Crippen LogP contribution is 2.17. The molecule has 0 saturated carbocycles. The van der Waals surface area contributed by atoms with Crippen molar-refractivity contribution in [3.05, 3.63) is 48.2 Å². The summed E-state index contributed by atoms with van der Waals surface area (Å²) >= 11 is 0. The van der Waals surface area contributed by atoms with Gasteiger partial charge in [-0.15, -0.1) is 18.5 Å². The summed E-state index contributed by atoms with van der Waals surface area (Å²) in [6.07, 6.45) is 2.86. The number of hydrogen-bond donors (Lipinski definition) is 0. The highest BCUT2D eigenvalue weighted by atomic mass is 31.0. The Kier molecular flexibility index (Phi) is 3.46. The molecule has 0 radical (unpaired) electrons. The van der Waals surface area contributed by atoms with Crippen LogP contribution >= 0.6 is 18.5 Å². The maximum atomic E-state index is 4.38. The van der Waals surface area contributed by atoms with Gasteiger partial charge in [0.15, 0.2) is 0 Å². The minimum absolute atomic E-state index is 0.998. The molecule has 0 fully saturated rings. The van der Waals surface area contributed by atoms with Gasteiger partial charge in [0, 0.05) is 11.8 Å². The van der Waals surface area contributed by atoms with Crippen LogP contribution in [0.4, 0.5) is 0 Å². The monoisotopic (exact) mass is 233 g/mol. The van der Waals surface area contributed by atoms with Gasteiger partial charge < -0.3 is 0 Å². The van der Waals surface area contributed by atoms with Crippen LogP contribution in [0.25, 0.3) is 11.3 Å². The van der Waals surface area contributed by atoms with Crippen LogP contribution < -0.4 is 5.30 Å². The Morgan fingerprint density at radius 1 is 1.00 bits per heavy atom. The average molecular weight is 233 g/mol. The third-order valence-electron chi connectivity index (χ3n) is 2.27. The number of aromatic nitrogens is 1. The Morgan fingerprint density at radius 2 is 1.73 bits per heavy atom. The molecule has 2 unspecified atom stereocenters. The molecule has 0 aliphatic heterocycles. The predicted molar refractivity (Wildman–Crippen MR) is 72.4 cm³/mol. The van der Waals surface area contributed by atoms with Gasteiger partial charge in [0.25, 0.3) is 0 Å². The Bertz CT molecular complexity index is 434. The van der Waals surface area contributed by atoms with Crippen molar-refractivity contribution in [2.75, 3.05) is 0 Å². The van der Waals surface area contributed by atoms with E-state index in [0.717, 1.165) is 17.2 Å². The fourth-order valence-electron chi connectivity index (χ4n) is 1.39. The van der Waals surface area contributed by atoms with Gasteiger partial charge in [-0.25, -0.2) is 0 Å². The van der Waals surface area contributed by atoms with Crippen LogP contribution in [0.15, 0.2) is 42.6 Å². The van der Waals surface area contributed by atoms with E-state index in [-0.39, 0.29) is 0 Å². The molecule has 15 heavy (non-hydrogen) atoms. The lowest BCUT2D eigenvalue weighted by Gasteiger charge is -2.02. The third-order valence-corrected chi connectivity index (χ3v) is 3.08. The second-order valence-corrected chi connectivity index (χ2v) is 4.45. The summed E-state index contributed by atoms with van der Waals surface area (Å²) in [5.41, 5.74) is 3.52. The fourth-order valence-corrected chi connectivity index (χ4v) is 1.83. The van der Waals surface area contributed by atoms with Crippen molar-refractivity contribution in [3.63, 3.8) is 0 Å². The van der Waals surface area contributed by atoms with Crippen LogP contribution in [0.3, 0.4) is 0 Å². The second kappa shape index (κ2) is 4.84. The van der Waals surface area contributed by atoms with E-state index in [0.29, 0.717) is 0 Å². The first kappa shape index (κ1) is 10.7. The van der Waals surface area contributed by atoms with Crippen molar-refractivity contribution in [1.29, 1.82) is 0 Å². The maximum Gasteiger partial charge on any atom is 0.0702 e. The van der Waals surface area contributed by atoms with Crippen LogP contribution in [-0.4, -0.2) is 4.98 Å². The van der Waals surface area contributed by atoms with Crippen LogP contribution in [-0.2, 0) is 6.16 Å². The number of rotatable bonds is 2. The van der Waals surface area contributed by atoms with Crippen molar-refractivity contribution in [2.24, 2.45) is 0 Å². The minimum atomic E-state index is 0.998. The summed E-state index contributed by atoms with van der Waals surface area (Å²) in [5.74, 6) is 0. The molecule has 1 heterocycles. The molecule has 0 aliphatic rings. The van der Waals surface area contributed by atoms with Crippen LogP contribution in [0.5, 0.6) is 0 Å². The summed E-state index contributed by atoms with van der Waals surface area (Å²) in [7, 11) is 5.36. The molecule has 2 atom stereocenters. The van der Waals surface area contributed by atoms with Gasteiger partial charge in [-0.2, -0.15) is 0 Å². The Hall–Kier alpha value is -0.770. The zero-order valence-electron chi connectivity index (χ0n) is 8.35. The largest absolute Gasteiger partial charge is 0.256 e. The number of nitrogens with zero attached hydrogens (tertiary/aromatic N) is 1. The van der Waals surface area contributed by atoms with Crippen LogP contribution in [0, 0.1) is 0 Å². The predicted octanol–water partition coefficient (Wildman–Crippen LogP) is 2.62. The van der Waals surface area contributed by atoms with E-state index >= 15 is 0 Å². The van der Waals surface area contributed by atoms with Crippen molar-refractivity contribution in [2.45, 2.75) is 6.16 Å². The molecule has 1 aromatic carbocycles. The van der Waals surface area contributed by atoms with E-state index in [9.17, 15) is 0 Å². The smallest absolute Gasteiger partial charge is 0.0702 e. The second-order valence-electron chi connectivity index (χ2n) is 3.38. The van der Waals surface area contributed by atoms with Crippen molar-refractivity contribution in [3.8, 4) is 11.3 Å². The van der Waals surface area contributed by atoms with E-state index in [1.54, 1.807) is 0 Å². The van der Waals surface area contributed by atoms with E-state index in [1.165, 1.54) is 11.1 Å². The van der Waals surface area contributed by atoms with Gasteiger partial charge in [0.1, 0.15) is 0 Å². The number of benzene rings is 1. The Morgan fingerprint density at radius 3 is 2.27 bits per heavy atom. The van der Waals surface area contributed by atoms with E-state index in [4.69, 9.17) is 0 Å². The van der Waals surface area contributed by atoms with Crippen LogP contribution in [0.2, 0.25) is 0 Å². The Labute approximate surface area is 94.7 Å². The minimum Gasteiger partial charge on any atom is -0.256 e. The quantitative estimate of drug-likeness (QED) is 0.726. The maximum absolute atomic E-state index is 4.38. The highest BCUT2D eigenvalue weighted by Gasteiger charge is 1.98. The van der Waals surface area contributed by atoms with E-state index in [2.05, 4.69) is 53.8 Å². The molecule has 0 amide bonds. The number of pyridine rings is 1. The van der Waals surface area contributed by atoms with Crippen LogP contribution in [0.1, 0.15) is 5.56 Å². The molecule has 2 aromatic rings. The van der Waals surface area contributed by atoms with E-state index in [1.807, 2.05) is 12.3 Å². The van der Waals surface area contributed by atoms with Gasteiger partial charge in [-0.1, -0.05) is 30.3 Å². The molecular formula is C12H13NP2. The normalized spacial score (nSPS) is 10.3. The molecule has 0 bridgehead atoms.